The molecule has 4 nitrogen and oxygen atoms in total. The summed E-state index contributed by atoms with van der Waals surface area (Å²) in [6.45, 7) is 0. The first-order valence-corrected chi connectivity index (χ1v) is 6.54. The first kappa shape index (κ1) is 11.9. The Morgan fingerprint density at radius 1 is 1.16 bits per heavy atom. The molecule has 1 saturated heterocycles. The second kappa shape index (κ2) is 4.20. The molecule has 19 heavy (non-hydrogen) atoms. The van der Waals surface area contributed by atoms with Crippen molar-refractivity contribution < 1.29 is 9.59 Å². The molecule has 2 aliphatic rings. The number of anilines is 1. The molecular formula is C15H14N2O2. The lowest BCUT2D eigenvalue weighted by molar-refractivity contribution is -0.125. The Labute approximate surface area is 111 Å². The van der Waals surface area contributed by atoms with Gasteiger partial charge in [0, 0.05) is 6.42 Å². The van der Waals surface area contributed by atoms with Crippen LogP contribution in [-0.4, -0.2) is 11.8 Å². The molecule has 1 aliphatic carbocycles. The third-order valence-electron chi connectivity index (χ3n) is 4.22. The van der Waals surface area contributed by atoms with Crippen LogP contribution in [0.5, 0.6) is 0 Å². The van der Waals surface area contributed by atoms with Crippen LogP contribution in [0.3, 0.4) is 0 Å². The fourth-order valence-corrected chi connectivity index (χ4v) is 3.24. The first-order chi connectivity index (χ1) is 9.18. The SMILES string of the molecule is N#Cc1ccccc1N1C(=O)CC2(CCCC2)C1=O. The van der Waals surface area contributed by atoms with Gasteiger partial charge >= 0.3 is 0 Å². The lowest BCUT2D eigenvalue weighted by Crippen LogP contribution is -2.34. The second-order valence-electron chi connectivity index (χ2n) is 5.33. The fraction of sp³-hybridized carbons (Fsp3) is 0.400. The number of imide groups is 1. The van der Waals surface area contributed by atoms with Crippen molar-refractivity contribution in [2.45, 2.75) is 32.1 Å². The number of carbonyl (C=O) groups is 2. The summed E-state index contributed by atoms with van der Waals surface area (Å²) in [5, 5.41) is 9.11. The van der Waals surface area contributed by atoms with Gasteiger partial charge in [-0.05, 0) is 25.0 Å². The molecule has 1 saturated carbocycles. The minimum absolute atomic E-state index is 0.113. The first-order valence-electron chi connectivity index (χ1n) is 6.54. The van der Waals surface area contributed by atoms with E-state index in [9.17, 15) is 9.59 Å². The molecule has 1 aliphatic heterocycles. The van der Waals surface area contributed by atoms with Crippen LogP contribution in [0.4, 0.5) is 5.69 Å². The summed E-state index contributed by atoms with van der Waals surface area (Å²) in [4.78, 5) is 26.0. The van der Waals surface area contributed by atoms with Gasteiger partial charge in [0.1, 0.15) is 6.07 Å². The van der Waals surface area contributed by atoms with Gasteiger partial charge in [0.05, 0.1) is 16.7 Å². The van der Waals surface area contributed by atoms with Crippen molar-refractivity contribution in [2.24, 2.45) is 5.41 Å². The van der Waals surface area contributed by atoms with Gasteiger partial charge in [0.15, 0.2) is 0 Å². The normalized spacial score (nSPS) is 21.1. The average molecular weight is 254 g/mol. The summed E-state index contributed by atoms with van der Waals surface area (Å²) >= 11 is 0. The van der Waals surface area contributed by atoms with Crippen LogP contribution in [0.2, 0.25) is 0 Å². The third kappa shape index (κ3) is 1.66. The largest absolute Gasteiger partial charge is 0.274 e. The lowest BCUT2D eigenvalue weighted by Gasteiger charge is -2.21. The zero-order valence-electron chi connectivity index (χ0n) is 10.6. The zero-order chi connectivity index (χ0) is 13.5. The maximum absolute atomic E-state index is 12.6. The molecular weight excluding hydrogens is 240 g/mol. The molecule has 0 aromatic heterocycles. The van der Waals surface area contributed by atoms with Gasteiger partial charge in [0.2, 0.25) is 11.8 Å². The van der Waals surface area contributed by atoms with Crippen molar-refractivity contribution in [3.05, 3.63) is 29.8 Å². The molecule has 2 amide bonds. The van der Waals surface area contributed by atoms with E-state index in [-0.39, 0.29) is 11.8 Å². The fourth-order valence-electron chi connectivity index (χ4n) is 3.24. The Morgan fingerprint density at radius 3 is 2.53 bits per heavy atom. The maximum Gasteiger partial charge on any atom is 0.240 e. The van der Waals surface area contributed by atoms with E-state index in [1.54, 1.807) is 24.3 Å². The number of rotatable bonds is 1. The Kier molecular flexibility index (Phi) is 2.63. The number of para-hydroxylation sites is 1. The number of amides is 2. The molecule has 0 atom stereocenters. The number of hydrogen-bond acceptors (Lipinski definition) is 3. The van der Waals surface area contributed by atoms with Gasteiger partial charge in [-0.2, -0.15) is 5.26 Å². The highest BCUT2D eigenvalue weighted by molar-refractivity contribution is 6.23. The van der Waals surface area contributed by atoms with Crippen molar-refractivity contribution in [1.82, 2.24) is 0 Å². The maximum atomic E-state index is 12.6. The molecule has 1 spiro atoms. The third-order valence-corrected chi connectivity index (χ3v) is 4.22. The highest BCUT2D eigenvalue weighted by Crippen LogP contribution is 2.48. The molecule has 0 radical (unpaired) electrons. The predicted molar refractivity (Wildman–Crippen MR) is 69.2 cm³/mol. The molecule has 0 N–H and O–H groups in total. The number of hydrogen-bond donors (Lipinski definition) is 0. The molecule has 1 aromatic carbocycles. The summed E-state index contributed by atoms with van der Waals surface area (Å²) in [6.07, 6.45) is 3.90. The van der Waals surface area contributed by atoms with Crippen LogP contribution in [0.15, 0.2) is 24.3 Å². The van der Waals surface area contributed by atoms with Gasteiger partial charge in [-0.3, -0.25) is 9.59 Å². The molecule has 4 heteroatoms. The van der Waals surface area contributed by atoms with E-state index in [1.807, 2.05) is 6.07 Å². The topological polar surface area (TPSA) is 61.2 Å². The molecule has 1 aromatic rings. The van der Waals surface area contributed by atoms with E-state index < -0.39 is 5.41 Å². The van der Waals surface area contributed by atoms with Gasteiger partial charge in [-0.25, -0.2) is 4.90 Å². The van der Waals surface area contributed by atoms with Crippen LogP contribution >= 0.6 is 0 Å². The predicted octanol–water partition coefficient (Wildman–Crippen LogP) is 2.38. The standard InChI is InChI=1S/C15H14N2O2/c16-10-11-5-1-2-6-12(11)17-13(18)9-15(14(17)19)7-3-4-8-15/h1-2,5-6H,3-4,7-9H2. The van der Waals surface area contributed by atoms with Gasteiger partial charge < -0.3 is 0 Å². The van der Waals surface area contributed by atoms with E-state index >= 15 is 0 Å². The van der Waals surface area contributed by atoms with Crippen molar-refractivity contribution in [2.75, 3.05) is 4.90 Å². The molecule has 0 unspecified atom stereocenters. The molecule has 0 bridgehead atoms. The molecule has 96 valence electrons. The van der Waals surface area contributed by atoms with Crippen LogP contribution in [0.25, 0.3) is 0 Å². The van der Waals surface area contributed by atoms with Crippen LogP contribution in [0.1, 0.15) is 37.7 Å². The molecule has 1 heterocycles. The van der Waals surface area contributed by atoms with Gasteiger partial charge in [-0.15, -0.1) is 0 Å². The van der Waals surface area contributed by atoms with Crippen LogP contribution < -0.4 is 4.90 Å². The number of benzene rings is 1. The van der Waals surface area contributed by atoms with E-state index in [0.29, 0.717) is 17.7 Å². The van der Waals surface area contributed by atoms with E-state index in [4.69, 9.17) is 5.26 Å². The Hall–Kier alpha value is -2.15. The minimum Gasteiger partial charge on any atom is -0.274 e. The number of nitriles is 1. The lowest BCUT2D eigenvalue weighted by atomic mass is 9.84. The van der Waals surface area contributed by atoms with Gasteiger partial charge in [0.25, 0.3) is 0 Å². The van der Waals surface area contributed by atoms with E-state index in [0.717, 1.165) is 25.7 Å². The summed E-state index contributed by atoms with van der Waals surface area (Å²) in [5.74, 6) is -0.285. The highest BCUT2D eigenvalue weighted by Gasteiger charge is 2.53. The quantitative estimate of drug-likeness (QED) is 0.723. The monoisotopic (exact) mass is 254 g/mol. The van der Waals surface area contributed by atoms with Crippen LogP contribution in [-0.2, 0) is 9.59 Å². The Morgan fingerprint density at radius 2 is 1.84 bits per heavy atom. The van der Waals surface area contributed by atoms with Crippen molar-refractivity contribution in [3.63, 3.8) is 0 Å². The van der Waals surface area contributed by atoms with Gasteiger partial charge in [-0.1, -0.05) is 25.0 Å². The average Bonchev–Trinajstić information content (AvgIpc) is 2.97. The minimum atomic E-state index is -0.486. The summed E-state index contributed by atoms with van der Waals surface area (Å²) in [6, 6.07) is 8.83. The van der Waals surface area contributed by atoms with Crippen molar-refractivity contribution >= 4 is 17.5 Å². The highest BCUT2D eigenvalue weighted by atomic mass is 16.2. The number of nitrogens with zero attached hydrogens (tertiary/aromatic N) is 2. The molecule has 2 fully saturated rings. The zero-order valence-corrected chi connectivity index (χ0v) is 10.6. The van der Waals surface area contributed by atoms with E-state index in [2.05, 4.69) is 0 Å². The number of carbonyl (C=O) groups excluding carboxylic acids is 2. The summed E-state index contributed by atoms with van der Waals surface area (Å²) in [7, 11) is 0. The molecule has 3 rings (SSSR count). The Bertz CT molecular complexity index is 594. The Balaban J connectivity index is 2.04. The van der Waals surface area contributed by atoms with Crippen molar-refractivity contribution in [1.29, 1.82) is 5.26 Å². The summed E-state index contributed by atoms with van der Waals surface area (Å²) in [5.41, 5.74) is 0.322. The smallest absolute Gasteiger partial charge is 0.240 e. The van der Waals surface area contributed by atoms with Crippen molar-refractivity contribution in [3.8, 4) is 6.07 Å². The summed E-state index contributed by atoms with van der Waals surface area (Å²) < 4.78 is 0. The van der Waals surface area contributed by atoms with E-state index in [1.165, 1.54) is 4.90 Å². The second-order valence-corrected chi connectivity index (χ2v) is 5.33. The van der Waals surface area contributed by atoms with Crippen LogP contribution in [0, 0.1) is 16.7 Å².